The zero-order valence-electron chi connectivity index (χ0n) is 18.9. The Kier molecular flexibility index (Phi) is 8.41. The summed E-state index contributed by atoms with van der Waals surface area (Å²) in [5.74, 6) is -0.379. The summed E-state index contributed by atoms with van der Waals surface area (Å²) < 4.78 is 6.52. The molecule has 0 atom stereocenters. The van der Waals surface area contributed by atoms with Crippen molar-refractivity contribution in [2.75, 3.05) is 11.9 Å². The van der Waals surface area contributed by atoms with E-state index in [0.29, 0.717) is 31.5 Å². The summed E-state index contributed by atoms with van der Waals surface area (Å²) in [6, 6.07) is 17.8. The van der Waals surface area contributed by atoms with Crippen molar-refractivity contribution >= 4 is 79.7 Å². The molecule has 0 saturated carbocycles. The van der Waals surface area contributed by atoms with Gasteiger partial charge in [-0.05, 0) is 82.2 Å². The van der Waals surface area contributed by atoms with Crippen molar-refractivity contribution in [2.45, 2.75) is 13.5 Å². The summed E-state index contributed by atoms with van der Waals surface area (Å²) in [6.07, 6.45) is 1.61. The minimum absolute atomic E-state index is 0.234. The first-order valence-corrected chi connectivity index (χ1v) is 13.0. The maximum absolute atomic E-state index is 12.8. The Labute approximate surface area is 230 Å². The van der Waals surface area contributed by atoms with Crippen molar-refractivity contribution in [3.8, 4) is 5.75 Å². The number of aryl methyl sites for hydroxylation is 1. The van der Waals surface area contributed by atoms with Gasteiger partial charge in [-0.15, -0.1) is 0 Å². The molecule has 36 heavy (non-hydrogen) atoms. The smallest absolute Gasteiger partial charge is 0.294 e. The summed E-state index contributed by atoms with van der Waals surface area (Å²) in [6.45, 7) is 1.75. The third-order valence-corrected chi connectivity index (χ3v) is 7.36. The number of nitrogens with one attached hydrogen (secondary N) is 1. The van der Waals surface area contributed by atoms with Gasteiger partial charge in [-0.2, -0.15) is 0 Å². The van der Waals surface area contributed by atoms with Crippen LogP contribution in [0.3, 0.4) is 0 Å². The lowest BCUT2D eigenvalue weighted by atomic mass is 10.2. The zero-order valence-corrected chi connectivity index (χ0v) is 22.8. The minimum Gasteiger partial charge on any atom is -0.488 e. The Morgan fingerprint density at radius 1 is 1.11 bits per heavy atom. The van der Waals surface area contributed by atoms with Crippen LogP contribution in [0.25, 0.3) is 6.08 Å². The number of halogens is 3. The fraction of sp³-hybridized carbons (Fsp3) is 0.115. The maximum Gasteiger partial charge on any atom is 0.294 e. The Hall–Kier alpha value is -2.78. The third kappa shape index (κ3) is 6.31. The van der Waals surface area contributed by atoms with Crippen LogP contribution in [0.5, 0.6) is 5.75 Å². The van der Waals surface area contributed by atoms with E-state index in [1.807, 2.05) is 19.1 Å². The van der Waals surface area contributed by atoms with Gasteiger partial charge in [0.15, 0.2) is 0 Å². The number of ether oxygens (including phenoxy) is 1. The second-order valence-corrected chi connectivity index (χ2v) is 10.5. The highest BCUT2D eigenvalue weighted by Gasteiger charge is 2.36. The molecule has 1 fully saturated rings. The largest absolute Gasteiger partial charge is 0.488 e. The lowest BCUT2D eigenvalue weighted by Crippen LogP contribution is -2.36. The molecule has 0 bridgehead atoms. The molecule has 3 aromatic carbocycles. The highest BCUT2D eigenvalue weighted by Crippen LogP contribution is 2.34. The van der Waals surface area contributed by atoms with E-state index in [9.17, 15) is 14.4 Å². The van der Waals surface area contributed by atoms with E-state index in [-0.39, 0.29) is 18.1 Å². The van der Waals surface area contributed by atoms with E-state index in [1.54, 1.807) is 54.6 Å². The van der Waals surface area contributed by atoms with Crippen LogP contribution in [-0.4, -0.2) is 28.5 Å². The maximum atomic E-state index is 12.8. The molecular weight excluding hydrogens is 587 g/mol. The number of anilines is 1. The molecule has 3 amide bonds. The number of rotatable bonds is 7. The van der Waals surface area contributed by atoms with Crippen LogP contribution in [0.15, 0.2) is 70.0 Å². The van der Waals surface area contributed by atoms with Crippen molar-refractivity contribution in [1.29, 1.82) is 0 Å². The Morgan fingerprint density at radius 2 is 1.89 bits per heavy atom. The Morgan fingerprint density at radius 3 is 2.61 bits per heavy atom. The minimum atomic E-state index is -0.515. The third-order valence-electron chi connectivity index (χ3n) is 5.25. The van der Waals surface area contributed by atoms with Crippen LogP contribution in [0.1, 0.15) is 16.7 Å². The molecule has 184 valence electrons. The first-order chi connectivity index (χ1) is 17.2. The monoisotopic (exact) mass is 604 g/mol. The van der Waals surface area contributed by atoms with Crippen LogP contribution < -0.4 is 10.1 Å². The van der Waals surface area contributed by atoms with Gasteiger partial charge >= 0.3 is 0 Å². The lowest BCUT2D eigenvalue weighted by Gasteiger charge is -2.13. The van der Waals surface area contributed by atoms with Crippen molar-refractivity contribution in [2.24, 2.45) is 0 Å². The number of thioether (sulfide) groups is 1. The second-order valence-electron chi connectivity index (χ2n) is 7.85. The van der Waals surface area contributed by atoms with E-state index < -0.39 is 17.1 Å². The van der Waals surface area contributed by atoms with Gasteiger partial charge in [-0.3, -0.25) is 19.3 Å². The van der Waals surface area contributed by atoms with Gasteiger partial charge in [0, 0.05) is 21.3 Å². The van der Waals surface area contributed by atoms with E-state index in [0.717, 1.165) is 27.8 Å². The van der Waals surface area contributed by atoms with Gasteiger partial charge in [-0.1, -0.05) is 53.5 Å². The number of nitrogens with zero attached hydrogens (tertiary/aromatic N) is 1. The lowest BCUT2D eigenvalue weighted by molar-refractivity contribution is -0.127. The van der Waals surface area contributed by atoms with Crippen molar-refractivity contribution in [3.63, 3.8) is 0 Å². The van der Waals surface area contributed by atoms with Gasteiger partial charge in [0.25, 0.3) is 11.1 Å². The van der Waals surface area contributed by atoms with E-state index in [2.05, 4.69) is 21.2 Å². The molecule has 10 heteroatoms. The number of para-hydroxylation sites is 1. The van der Waals surface area contributed by atoms with Gasteiger partial charge in [0.1, 0.15) is 18.9 Å². The van der Waals surface area contributed by atoms with E-state index >= 15 is 0 Å². The second kappa shape index (κ2) is 11.5. The Balaban J connectivity index is 1.41. The van der Waals surface area contributed by atoms with Crippen LogP contribution >= 0.6 is 50.9 Å². The number of amides is 3. The summed E-state index contributed by atoms with van der Waals surface area (Å²) in [4.78, 5) is 38.9. The molecule has 0 aliphatic carbocycles. The molecule has 0 aromatic heterocycles. The molecule has 1 aliphatic rings. The predicted octanol–water partition coefficient (Wildman–Crippen LogP) is 7.32. The molecular formula is C26H19BrCl2N2O4S. The van der Waals surface area contributed by atoms with Crippen molar-refractivity contribution < 1.29 is 19.1 Å². The molecule has 1 N–H and O–H groups in total. The number of benzene rings is 3. The normalized spacial score (nSPS) is 14.4. The number of hydrogen-bond acceptors (Lipinski definition) is 5. The molecule has 0 unspecified atom stereocenters. The topological polar surface area (TPSA) is 75.7 Å². The number of hydrogen-bond donors (Lipinski definition) is 1. The summed E-state index contributed by atoms with van der Waals surface area (Å²) in [7, 11) is 0. The van der Waals surface area contributed by atoms with E-state index in [1.165, 1.54) is 0 Å². The van der Waals surface area contributed by atoms with Crippen molar-refractivity contribution in [3.05, 3.63) is 96.8 Å². The number of imide groups is 1. The molecule has 0 spiro atoms. The fourth-order valence-corrected chi connectivity index (χ4v) is 5.16. The summed E-state index contributed by atoms with van der Waals surface area (Å²) in [5, 5.41) is 3.30. The quantitative estimate of drug-likeness (QED) is 0.286. The van der Waals surface area contributed by atoms with Crippen molar-refractivity contribution in [1.82, 2.24) is 4.90 Å². The molecule has 1 saturated heterocycles. The highest BCUT2D eigenvalue weighted by molar-refractivity contribution is 9.10. The van der Waals surface area contributed by atoms with Gasteiger partial charge in [-0.25, -0.2) is 0 Å². The van der Waals surface area contributed by atoms with Gasteiger partial charge in [0.2, 0.25) is 5.91 Å². The molecule has 1 heterocycles. The molecule has 1 aliphatic heterocycles. The average Bonchev–Trinajstić information content (AvgIpc) is 3.08. The van der Waals surface area contributed by atoms with Crippen LogP contribution in [0.2, 0.25) is 10.0 Å². The number of carbonyl (C=O) groups excluding carboxylic acids is 3. The van der Waals surface area contributed by atoms with Crippen LogP contribution in [0.4, 0.5) is 10.5 Å². The number of carbonyl (C=O) groups is 3. The first kappa shape index (κ1) is 26.3. The van der Waals surface area contributed by atoms with Gasteiger partial charge in [0.05, 0.1) is 9.38 Å². The van der Waals surface area contributed by atoms with Crippen LogP contribution in [0, 0.1) is 6.92 Å². The summed E-state index contributed by atoms with van der Waals surface area (Å²) in [5.41, 5.74) is 3.00. The fourth-order valence-electron chi connectivity index (χ4n) is 3.35. The SMILES string of the molecule is Cc1ccccc1NC(=O)CN1C(=O)S/C(=C/c2ccc(OCc3ccc(Cl)cc3Cl)c(Br)c2)C1=O. The molecule has 4 rings (SSSR count). The Bertz CT molecular complexity index is 1400. The van der Waals surface area contributed by atoms with E-state index in [4.69, 9.17) is 27.9 Å². The highest BCUT2D eigenvalue weighted by atomic mass is 79.9. The molecule has 6 nitrogen and oxygen atoms in total. The first-order valence-electron chi connectivity index (χ1n) is 10.7. The molecule has 0 radical (unpaired) electrons. The molecule has 3 aromatic rings. The summed E-state index contributed by atoms with van der Waals surface area (Å²) >= 11 is 16.4. The zero-order chi connectivity index (χ0) is 25.8. The standard InChI is InChI=1S/C26H19BrCl2N2O4S/c1-15-4-2-3-5-21(15)30-24(32)13-31-25(33)23(36-26(31)34)11-16-6-9-22(19(27)10-16)35-14-17-7-8-18(28)12-20(17)29/h2-12H,13-14H2,1H3,(H,30,32)/b23-11+. The average molecular weight is 606 g/mol. The predicted molar refractivity (Wildman–Crippen MR) is 147 cm³/mol. The van der Waals surface area contributed by atoms with Crippen LogP contribution in [-0.2, 0) is 16.2 Å². The van der Waals surface area contributed by atoms with Gasteiger partial charge < -0.3 is 10.1 Å².